The zero-order chi connectivity index (χ0) is 14.3. The normalized spacial score (nSPS) is 12.7. The van der Waals surface area contributed by atoms with Crippen LogP contribution in [0.25, 0.3) is 17.0 Å². The number of aromatic nitrogens is 2. The fourth-order valence-corrected chi connectivity index (χ4v) is 3.58. The molecule has 0 atom stereocenters. The van der Waals surface area contributed by atoms with Gasteiger partial charge in [0.15, 0.2) is 0 Å². The Balaban J connectivity index is 2.14. The molecule has 1 aromatic heterocycles. The number of hydrogen-bond donors (Lipinski definition) is 1. The lowest BCUT2D eigenvalue weighted by atomic mass is 10.1. The van der Waals surface area contributed by atoms with Gasteiger partial charge in [-0.25, -0.2) is 0 Å². The van der Waals surface area contributed by atoms with Crippen LogP contribution in [-0.2, 0) is 17.5 Å². The summed E-state index contributed by atoms with van der Waals surface area (Å²) in [6.07, 6.45) is 0. The lowest BCUT2D eigenvalue weighted by Gasteiger charge is -2.17. The van der Waals surface area contributed by atoms with Crippen molar-refractivity contribution in [3.05, 3.63) is 36.0 Å². The summed E-state index contributed by atoms with van der Waals surface area (Å²) in [4.78, 5) is 1.08. The molecule has 0 saturated heterocycles. The molecule has 20 heavy (non-hydrogen) atoms. The second-order valence-electron chi connectivity index (χ2n) is 4.62. The maximum atomic E-state index is 9.60. The van der Waals surface area contributed by atoms with Crippen LogP contribution in [0, 0.1) is 0 Å². The Morgan fingerprint density at radius 1 is 1.55 bits per heavy atom. The van der Waals surface area contributed by atoms with Crippen molar-refractivity contribution < 1.29 is 9.84 Å². The maximum absolute atomic E-state index is 9.60. The molecule has 2 aromatic rings. The number of benzene rings is 1. The van der Waals surface area contributed by atoms with E-state index >= 15 is 0 Å². The Hall–Kier alpha value is -1.88. The van der Waals surface area contributed by atoms with E-state index in [0.717, 1.165) is 33.2 Å². The third-order valence-corrected chi connectivity index (χ3v) is 4.40. The number of phenolic OH excluding ortho intramolecular Hbond substituents is 1. The highest BCUT2D eigenvalue weighted by Crippen LogP contribution is 2.44. The van der Waals surface area contributed by atoms with E-state index in [9.17, 15) is 5.11 Å². The van der Waals surface area contributed by atoms with Crippen LogP contribution in [-0.4, -0.2) is 21.5 Å². The monoisotopic (exact) mass is 288 g/mol. The molecule has 0 fully saturated rings. The van der Waals surface area contributed by atoms with E-state index in [-0.39, 0.29) is 0 Å². The van der Waals surface area contributed by atoms with Crippen molar-refractivity contribution in [3.8, 4) is 17.0 Å². The van der Waals surface area contributed by atoms with Crippen molar-refractivity contribution in [3.63, 3.8) is 0 Å². The summed E-state index contributed by atoms with van der Waals surface area (Å²) < 4.78 is 7.36. The summed E-state index contributed by atoms with van der Waals surface area (Å²) >= 11 is 1.70. The van der Waals surface area contributed by atoms with E-state index in [2.05, 4.69) is 11.7 Å². The first-order valence-electron chi connectivity index (χ1n) is 6.46. The van der Waals surface area contributed by atoms with Gasteiger partial charge in [-0.1, -0.05) is 6.58 Å². The van der Waals surface area contributed by atoms with Crippen LogP contribution in [0.4, 0.5) is 0 Å². The Labute approximate surface area is 122 Å². The Morgan fingerprint density at radius 2 is 2.35 bits per heavy atom. The van der Waals surface area contributed by atoms with Gasteiger partial charge in [0.05, 0.1) is 12.3 Å². The highest BCUT2D eigenvalue weighted by Gasteiger charge is 2.26. The van der Waals surface area contributed by atoms with E-state index in [1.54, 1.807) is 23.9 Å². The van der Waals surface area contributed by atoms with Gasteiger partial charge >= 0.3 is 0 Å². The van der Waals surface area contributed by atoms with E-state index in [1.165, 1.54) is 0 Å². The average Bonchev–Trinajstić information content (AvgIpc) is 2.76. The quantitative estimate of drug-likeness (QED) is 0.879. The molecule has 1 aliphatic heterocycles. The molecule has 5 heteroatoms. The average molecular weight is 288 g/mol. The largest absolute Gasteiger partial charge is 0.508 e. The number of phenols is 1. The van der Waals surface area contributed by atoms with Crippen LogP contribution >= 0.6 is 11.8 Å². The SMILES string of the molecule is C=C(OCC)c1nn(C)c2c1CSc1cc(O)ccc1-2. The molecule has 0 saturated carbocycles. The standard InChI is InChI=1S/C15H16N2O2S/c1-4-19-9(2)14-12-8-20-13-7-10(18)5-6-11(13)15(12)17(3)16-14/h5-7,18H,2,4,8H2,1,3H3. The predicted octanol–water partition coefficient (Wildman–Crippen LogP) is 3.41. The highest BCUT2D eigenvalue weighted by atomic mass is 32.2. The van der Waals surface area contributed by atoms with Gasteiger partial charge in [-0.15, -0.1) is 11.8 Å². The van der Waals surface area contributed by atoms with Crippen LogP contribution in [0.5, 0.6) is 5.75 Å². The fraction of sp³-hybridized carbons (Fsp3) is 0.267. The predicted molar refractivity (Wildman–Crippen MR) is 80.5 cm³/mol. The number of rotatable bonds is 3. The number of aromatic hydroxyl groups is 1. The molecule has 4 nitrogen and oxygen atoms in total. The van der Waals surface area contributed by atoms with E-state index in [0.29, 0.717) is 18.1 Å². The number of ether oxygens (including phenoxy) is 1. The van der Waals surface area contributed by atoms with Crippen molar-refractivity contribution in [2.24, 2.45) is 7.05 Å². The number of nitrogens with zero attached hydrogens (tertiary/aromatic N) is 2. The first-order chi connectivity index (χ1) is 9.61. The third-order valence-electron chi connectivity index (χ3n) is 3.32. The third kappa shape index (κ3) is 1.98. The molecule has 3 rings (SSSR count). The zero-order valence-electron chi connectivity index (χ0n) is 11.5. The van der Waals surface area contributed by atoms with Crippen molar-refractivity contribution >= 4 is 17.5 Å². The van der Waals surface area contributed by atoms with Crippen molar-refractivity contribution in [2.45, 2.75) is 17.6 Å². The van der Waals surface area contributed by atoms with Crippen molar-refractivity contribution in [2.75, 3.05) is 6.61 Å². The molecule has 0 aliphatic carbocycles. The van der Waals surface area contributed by atoms with Crippen LogP contribution < -0.4 is 0 Å². The Kier molecular flexibility index (Phi) is 3.22. The van der Waals surface area contributed by atoms with E-state index in [1.807, 2.05) is 24.7 Å². The smallest absolute Gasteiger partial charge is 0.139 e. The first-order valence-corrected chi connectivity index (χ1v) is 7.44. The minimum atomic E-state index is 0.292. The van der Waals surface area contributed by atoms with Gasteiger partial charge in [0.25, 0.3) is 0 Å². The Morgan fingerprint density at radius 3 is 3.10 bits per heavy atom. The summed E-state index contributed by atoms with van der Waals surface area (Å²) in [6, 6.07) is 5.44. The minimum absolute atomic E-state index is 0.292. The molecule has 1 aliphatic rings. The molecule has 104 valence electrons. The summed E-state index contributed by atoms with van der Waals surface area (Å²) in [5.74, 6) is 1.72. The molecule has 0 bridgehead atoms. The van der Waals surface area contributed by atoms with Gasteiger partial charge in [0.1, 0.15) is 17.2 Å². The van der Waals surface area contributed by atoms with Gasteiger partial charge in [-0.2, -0.15) is 5.10 Å². The zero-order valence-corrected chi connectivity index (χ0v) is 12.3. The number of fused-ring (bicyclic) bond motifs is 3. The Bertz CT molecular complexity index is 691. The van der Waals surface area contributed by atoms with Gasteiger partial charge in [0, 0.05) is 28.8 Å². The second-order valence-corrected chi connectivity index (χ2v) is 5.64. The molecular weight excluding hydrogens is 272 g/mol. The fourth-order valence-electron chi connectivity index (χ4n) is 2.48. The molecule has 0 spiro atoms. The summed E-state index contributed by atoms with van der Waals surface area (Å²) in [5.41, 5.74) is 4.15. The lowest BCUT2D eigenvalue weighted by molar-refractivity contribution is 0.297. The van der Waals surface area contributed by atoms with Gasteiger partial charge < -0.3 is 9.84 Å². The minimum Gasteiger partial charge on any atom is -0.508 e. The van der Waals surface area contributed by atoms with Gasteiger partial charge in [0.2, 0.25) is 0 Å². The molecule has 0 amide bonds. The van der Waals surface area contributed by atoms with E-state index < -0.39 is 0 Å². The lowest BCUT2D eigenvalue weighted by Crippen LogP contribution is -2.00. The number of aryl methyl sites for hydroxylation is 1. The summed E-state index contributed by atoms with van der Waals surface area (Å²) in [7, 11) is 1.92. The highest BCUT2D eigenvalue weighted by molar-refractivity contribution is 7.98. The van der Waals surface area contributed by atoms with Crippen LogP contribution in [0.1, 0.15) is 18.2 Å². The first kappa shape index (κ1) is 13.1. The summed E-state index contributed by atoms with van der Waals surface area (Å²) in [5, 5.41) is 14.1. The van der Waals surface area contributed by atoms with E-state index in [4.69, 9.17) is 4.74 Å². The van der Waals surface area contributed by atoms with Crippen molar-refractivity contribution in [1.29, 1.82) is 0 Å². The maximum Gasteiger partial charge on any atom is 0.139 e. The number of hydrogen-bond acceptors (Lipinski definition) is 4. The molecular formula is C15H16N2O2S. The van der Waals surface area contributed by atoms with Crippen LogP contribution in [0.2, 0.25) is 0 Å². The molecule has 1 N–H and O–H groups in total. The van der Waals surface area contributed by atoms with Gasteiger partial charge in [-0.05, 0) is 25.1 Å². The van der Waals surface area contributed by atoms with Crippen LogP contribution in [0.3, 0.4) is 0 Å². The van der Waals surface area contributed by atoms with Gasteiger partial charge in [-0.3, -0.25) is 4.68 Å². The molecule has 2 heterocycles. The molecule has 1 aromatic carbocycles. The van der Waals surface area contributed by atoms with Crippen LogP contribution in [0.15, 0.2) is 29.7 Å². The molecule has 0 unspecified atom stereocenters. The topological polar surface area (TPSA) is 47.3 Å². The van der Waals surface area contributed by atoms with Crippen molar-refractivity contribution in [1.82, 2.24) is 9.78 Å². The summed E-state index contributed by atoms with van der Waals surface area (Å²) in [6.45, 7) is 6.48. The number of thioether (sulfide) groups is 1. The second kappa shape index (κ2) is 4.90. The molecule has 0 radical (unpaired) electrons.